The second-order valence-electron chi connectivity index (χ2n) is 4.51. The van der Waals surface area contributed by atoms with E-state index in [1.807, 2.05) is 21.1 Å². The number of nitrogen functional groups attached to an aromatic ring is 1. The lowest BCUT2D eigenvalue weighted by molar-refractivity contribution is 0.0951. The van der Waals surface area contributed by atoms with E-state index in [4.69, 9.17) is 5.84 Å². The van der Waals surface area contributed by atoms with Crippen molar-refractivity contribution < 1.29 is 4.79 Å². The van der Waals surface area contributed by atoms with Crippen LogP contribution in [-0.4, -0.2) is 54.9 Å². The van der Waals surface area contributed by atoms with Gasteiger partial charge in [-0.05, 0) is 33.3 Å². The highest BCUT2D eigenvalue weighted by Crippen LogP contribution is 2.07. The highest BCUT2D eigenvalue weighted by Gasteiger charge is 2.12. The van der Waals surface area contributed by atoms with Gasteiger partial charge in [-0.25, -0.2) is 5.84 Å². The fourth-order valence-electron chi connectivity index (χ4n) is 1.55. The average molecular weight is 251 g/mol. The number of nitrogens with zero attached hydrogens (tertiary/aromatic N) is 3. The van der Waals surface area contributed by atoms with Gasteiger partial charge in [0.1, 0.15) is 0 Å². The summed E-state index contributed by atoms with van der Waals surface area (Å²) >= 11 is 0. The van der Waals surface area contributed by atoms with Crippen LogP contribution in [-0.2, 0) is 6.54 Å². The first-order chi connectivity index (χ1) is 8.54. The number of carbonyl (C=O) groups excluding carboxylic acids is 1. The summed E-state index contributed by atoms with van der Waals surface area (Å²) in [5.74, 6) is 4.85. The van der Waals surface area contributed by atoms with Crippen LogP contribution in [0, 0.1) is 0 Å². The molecule has 0 saturated carbocycles. The molecule has 0 radical (unpaired) electrons. The molecule has 0 fully saturated rings. The molecular formula is C12H21N5O. The summed E-state index contributed by atoms with van der Waals surface area (Å²) in [6.07, 6.45) is 1.68. The van der Waals surface area contributed by atoms with E-state index >= 15 is 0 Å². The number of carbonyl (C=O) groups is 1. The zero-order chi connectivity index (χ0) is 13.5. The number of likely N-dealkylation sites (N-methyl/N-ethyl adjacent to an activating group) is 2. The van der Waals surface area contributed by atoms with Gasteiger partial charge in [-0.1, -0.05) is 0 Å². The fourth-order valence-corrected chi connectivity index (χ4v) is 1.55. The van der Waals surface area contributed by atoms with Gasteiger partial charge in [0, 0.05) is 25.8 Å². The number of amides is 1. The van der Waals surface area contributed by atoms with Gasteiger partial charge >= 0.3 is 0 Å². The summed E-state index contributed by atoms with van der Waals surface area (Å²) in [4.78, 5) is 20.1. The Morgan fingerprint density at radius 1 is 1.39 bits per heavy atom. The summed E-state index contributed by atoms with van der Waals surface area (Å²) in [5.41, 5.74) is 3.40. The average Bonchev–Trinajstić information content (AvgIpc) is 2.36. The number of aromatic nitrogens is 1. The topological polar surface area (TPSA) is 74.5 Å². The van der Waals surface area contributed by atoms with Gasteiger partial charge < -0.3 is 4.90 Å². The van der Waals surface area contributed by atoms with E-state index < -0.39 is 0 Å². The molecule has 0 aliphatic rings. The highest BCUT2D eigenvalue weighted by molar-refractivity contribution is 5.94. The largest absolute Gasteiger partial charge is 0.308 e. The maximum atomic E-state index is 11.6. The lowest BCUT2D eigenvalue weighted by Crippen LogP contribution is -2.33. The normalized spacial score (nSPS) is 11.0. The van der Waals surface area contributed by atoms with Crippen LogP contribution in [0.2, 0.25) is 0 Å². The molecule has 3 N–H and O–H groups in total. The standard InChI is InChI=1S/C12H21N5O/c1-16(2)7-8-17(3)9-11-10(12(18)15-13)5-4-6-14-11/h4-6H,7-9,13H2,1-3H3,(H,15,18). The van der Waals surface area contributed by atoms with E-state index in [9.17, 15) is 4.79 Å². The van der Waals surface area contributed by atoms with Gasteiger partial charge in [0.25, 0.3) is 5.91 Å². The molecule has 0 spiro atoms. The molecule has 0 aromatic carbocycles. The summed E-state index contributed by atoms with van der Waals surface area (Å²) in [6.45, 7) is 2.49. The number of hydrogen-bond donors (Lipinski definition) is 2. The third-order valence-corrected chi connectivity index (χ3v) is 2.61. The van der Waals surface area contributed by atoms with Gasteiger partial charge in [-0.2, -0.15) is 0 Å². The summed E-state index contributed by atoms with van der Waals surface area (Å²) in [5, 5.41) is 0. The minimum absolute atomic E-state index is 0.306. The van der Waals surface area contributed by atoms with Crippen LogP contribution in [0.5, 0.6) is 0 Å². The van der Waals surface area contributed by atoms with E-state index in [2.05, 4.69) is 20.2 Å². The van der Waals surface area contributed by atoms with Crippen molar-refractivity contribution in [2.45, 2.75) is 6.54 Å². The molecule has 18 heavy (non-hydrogen) atoms. The van der Waals surface area contributed by atoms with Gasteiger partial charge in [0.05, 0.1) is 11.3 Å². The number of hydrazine groups is 1. The number of hydrogen-bond acceptors (Lipinski definition) is 5. The Hall–Kier alpha value is -1.50. The van der Waals surface area contributed by atoms with Crippen LogP contribution in [0.4, 0.5) is 0 Å². The zero-order valence-electron chi connectivity index (χ0n) is 11.2. The van der Waals surface area contributed by atoms with Crippen molar-refractivity contribution in [2.75, 3.05) is 34.2 Å². The van der Waals surface area contributed by atoms with Crippen molar-refractivity contribution in [3.8, 4) is 0 Å². The third-order valence-electron chi connectivity index (χ3n) is 2.61. The minimum Gasteiger partial charge on any atom is -0.308 e. The first-order valence-corrected chi connectivity index (χ1v) is 5.82. The molecule has 0 aliphatic carbocycles. The molecule has 1 rings (SSSR count). The van der Waals surface area contributed by atoms with Gasteiger partial charge in [-0.3, -0.25) is 20.1 Å². The molecule has 0 unspecified atom stereocenters. The Morgan fingerprint density at radius 2 is 2.11 bits per heavy atom. The van der Waals surface area contributed by atoms with Crippen LogP contribution in [0.15, 0.2) is 18.3 Å². The number of rotatable bonds is 6. The predicted octanol–water partition coefficient (Wildman–Crippen LogP) is -0.321. The SMILES string of the molecule is CN(C)CCN(C)Cc1ncccc1C(=O)NN. The van der Waals surface area contributed by atoms with Crippen molar-refractivity contribution >= 4 is 5.91 Å². The summed E-state index contributed by atoms with van der Waals surface area (Å²) in [7, 11) is 6.06. The van der Waals surface area contributed by atoms with Gasteiger partial charge in [-0.15, -0.1) is 0 Å². The monoisotopic (exact) mass is 251 g/mol. The maximum Gasteiger partial charge on any atom is 0.267 e. The van der Waals surface area contributed by atoms with Crippen LogP contribution in [0.3, 0.4) is 0 Å². The predicted molar refractivity (Wildman–Crippen MR) is 70.8 cm³/mol. The lowest BCUT2D eigenvalue weighted by Gasteiger charge is -2.19. The van der Waals surface area contributed by atoms with E-state index in [0.29, 0.717) is 12.1 Å². The molecule has 0 saturated heterocycles. The number of nitrogens with two attached hydrogens (primary N) is 1. The second-order valence-corrected chi connectivity index (χ2v) is 4.51. The van der Waals surface area contributed by atoms with Crippen molar-refractivity contribution in [2.24, 2.45) is 5.84 Å². The minimum atomic E-state index is -0.306. The van der Waals surface area contributed by atoms with E-state index in [1.165, 1.54) is 0 Å². The van der Waals surface area contributed by atoms with Gasteiger partial charge in [0.15, 0.2) is 0 Å². The Labute approximate surface area is 108 Å². The third kappa shape index (κ3) is 4.40. The van der Waals surface area contributed by atoms with E-state index in [0.717, 1.165) is 18.8 Å². The Morgan fingerprint density at radius 3 is 2.72 bits per heavy atom. The smallest absolute Gasteiger partial charge is 0.267 e. The second kappa shape index (κ2) is 7.05. The molecule has 1 amide bonds. The Balaban J connectivity index is 2.69. The summed E-state index contributed by atoms with van der Waals surface area (Å²) in [6, 6.07) is 3.46. The Bertz CT molecular complexity index is 394. The maximum absolute atomic E-state index is 11.6. The van der Waals surface area contributed by atoms with E-state index in [1.54, 1.807) is 18.3 Å². The van der Waals surface area contributed by atoms with Crippen molar-refractivity contribution in [1.29, 1.82) is 0 Å². The molecule has 100 valence electrons. The lowest BCUT2D eigenvalue weighted by atomic mass is 10.1. The molecule has 1 aromatic rings. The molecule has 1 heterocycles. The van der Waals surface area contributed by atoms with Crippen molar-refractivity contribution in [1.82, 2.24) is 20.2 Å². The molecular weight excluding hydrogens is 230 g/mol. The van der Waals surface area contributed by atoms with E-state index in [-0.39, 0.29) is 5.91 Å². The van der Waals surface area contributed by atoms with Crippen LogP contribution < -0.4 is 11.3 Å². The molecule has 1 aromatic heterocycles. The van der Waals surface area contributed by atoms with Gasteiger partial charge in [0.2, 0.25) is 0 Å². The zero-order valence-corrected chi connectivity index (χ0v) is 11.2. The van der Waals surface area contributed by atoms with Crippen LogP contribution in [0.1, 0.15) is 16.1 Å². The number of pyridine rings is 1. The summed E-state index contributed by atoms with van der Waals surface area (Å²) < 4.78 is 0. The van der Waals surface area contributed by atoms with Crippen molar-refractivity contribution in [3.05, 3.63) is 29.6 Å². The highest BCUT2D eigenvalue weighted by atomic mass is 16.2. The number of nitrogens with one attached hydrogen (secondary N) is 1. The molecule has 0 bridgehead atoms. The molecule has 6 heteroatoms. The molecule has 0 aliphatic heterocycles. The quantitative estimate of drug-likeness (QED) is 0.412. The van der Waals surface area contributed by atoms with Crippen molar-refractivity contribution in [3.63, 3.8) is 0 Å². The molecule has 0 atom stereocenters. The first-order valence-electron chi connectivity index (χ1n) is 5.82. The first kappa shape index (κ1) is 14.6. The fraction of sp³-hybridized carbons (Fsp3) is 0.500. The van der Waals surface area contributed by atoms with Crippen LogP contribution >= 0.6 is 0 Å². The Kier molecular flexibility index (Phi) is 5.70. The van der Waals surface area contributed by atoms with Crippen LogP contribution in [0.25, 0.3) is 0 Å². The molecule has 6 nitrogen and oxygen atoms in total.